The summed E-state index contributed by atoms with van der Waals surface area (Å²) in [6.07, 6.45) is 5.41. The number of nitrogens with zero attached hydrogens (tertiary/aromatic N) is 1. The molecule has 0 amide bonds. The van der Waals surface area contributed by atoms with Crippen molar-refractivity contribution in [2.45, 2.75) is 0 Å². The van der Waals surface area contributed by atoms with E-state index in [1.165, 1.54) is 0 Å². The van der Waals surface area contributed by atoms with Crippen LogP contribution in [0.2, 0.25) is 0 Å². The lowest BCUT2D eigenvalue weighted by atomic mass is 10.6. The first-order valence-corrected chi connectivity index (χ1v) is 1.90. The van der Waals surface area contributed by atoms with E-state index in [0.717, 1.165) is 6.54 Å². The van der Waals surface area contributed by atoms with Crippen molar-refractivity contribution in [3.05, 3.63) is 12.3 Å². The minimum atomic E-state index is 0.920. The molecule has 0 saturated carbocycles. The lowest BCUT2D eigenvalue weighted by molar-refractivity contribution is 1.04. The maximum absolute atomic E-state index is 3.76. The third kappa shape index (κ3) is 0.578. The van der Waals surface area contributed by atoms with Crippen LogP contribution in [-0.4, -0.2) is 12.9 Å². The van der Waals surface area contributed by atoms with Crippen molar-refractivity contribution >= 4 is 6.34 Å². The van der Waals surface area contributed by atoms with Crippen LogP contribution in [0.1, 0.15) is 0 Å². The second-order valence-electron chi connectivity index (χ2n) is 1.07. The van der Waals surface area contributed by atoms with Gasteiger partial charge in [-0.1, -0.05) is 0 Å². The summed E-state index contributed by atoms with van der Waals surface area (Å²) in [6, 6.07) is 0. The molecular formula is C4H6N2. The molecule has 0 aromatic carbocycles. The highest BCUT2D eigenvalue weighted by Crippen LogP contribution is 1.74. The molecule has 1 aliphatic heterocycles. The fraction of sp³-hybridized carbons (Fsp3) is 0.250. The maximum atomic E-state index is 3.76. The lowest BCUT2D eigenvalue weighted by Crippen LogP contribution is -2.11. The second-order valence-corrected chi connectivity index (χ2v) is 1.07. The predicted molar refractivity (Wildman–Crippen MR) is 25.6 cm³/mol. The van der Waals surface area contributed by atoms with Gasteiger partial charge < -0.3 is 5.32 Å². The van der Waals surface area contributed by atoms with Gasteiger partial charge in [-0.25, -0.2) is 4.99 Å². The SMILES string of the molecule is C1=CN=CNC1. The fourth-order valence-corrected chi connectivity index (χ4v) is 0.330. The van der Waals surface area contributed by atoms with Gasteiger partial charge in [0.25, 0.3) is 0 Å². The molecule has 0 aromatic heterocycles. The van der Waals surface area contributed by atoms with E-state index in [0.29, 0.717) is 0 Å². The van der Waals surface area contributed by atoms with Crippen molar-refractivity contribution in [2.24, 2.45) is 4.99 Å². The van der Waals surface area contributed by atoms with Crippen LogP contribution in [0.4, 0.5) is 0 Å². The summed E-state index contributed by atoms with van der Waals surface area (Å²) in [5, 5.41) is 2.91. The van der Waals surface area contributed by atoms with Gasteiger partial charge in [0, 0.05) is 12.7 Å². The highest BCUT2D eigenvalue weighted by Gasteiger charge is 1.74. The van der Waals surface area contributed by atoms with Crippen molar-refractivity contribution in [3.8, 4) is 0 Å². The number of hydrogen-bond acceptors (Lipinski definition) is 2. The van der Waals surface area contributed by atoms with E-state index in [4.69, 9.17) is 0 Å². The second kappa shape index (κ2) is 1.60. The summed E-state index contributed by atoms with van der Waals surface area (Å²) in [5.74, 6) is 0. The summed E-state index contributed by atoms with van der Waals surface area (Å²) >= 11 is 0. The normalized spacial score (nSPS) is 17.3. The zero-order valence-corrected chi connectivity index (χ0v) is 3.39. The standard InChI is InChI=1S/C4H6N2/c1-2-5-4-6-3-1/h1-2,4H,3H2,(H,5,6). The van der Waals surface area contributed by atoms with Crippen molar-refractivity contribution in [1.82, 2.24) is 5.32 Å². The Labute approximate surface area is 36.6 Å². The third-order valence-electron chi connectivity index (χ3n) is 0.593. The van der Waals surface area contributed by atoms with Crippen LogP contribution >= 0.6 is 0 Å². The summed E-state index contributed by atoms with van der Waals surface area (Å²) in [5.41, 5.74) is 0. The Kier molecular flexibility index (Phi) is 0.906. The van der Waals surface area contributed by atoms with E-state index in [-0.39, 0.29) is 0 Å². The van der Waals surface area contributed by atoms with Crippen molar-refractivity contribution in [2.75, 3.05) is 6.54 Å². The summed E-state index contributed by atoms with van der Waals surface area (Å²) < 4.78 is 0. The van der Waals surface area contributed by atoms with Gasteiger partial charge in [-0.2, -0.15) is 0 Å². The molecule has 1 N–H and O–H groups in total. The van der Waals surface area contributed by atoms with Crippen molar-refractivity contribution in [1.29, 1.82) is 0 Å². The molecule has 0 saturated heterocycles. The minimum Gasteiger partial charge on any atom is -0.373 e. The van der Waals surface area contributed by atoms with Crippen LogP contribution in [-0.2, 0) is 0 Å². The first kappa shape index (κ1) is 3.40. The molecule has 0 unspecified atom stereocenters. The monoisotopic (exact) mass is 82.1 g/mol. The average Bonchev–Trinajstić information content (AvgIpc) is 1.72. The topological polar surface area (TPSA) is 24.4 Å². The van der Waals surface area contributed by atoms with Crippen LogP contribution in [0.25, 0.3) is 0 Å². The highest BCUT2D eigenvalue weighted by atomic mass is 14.9. The molecule has 2 heteroatoms. The Morgan fingerprint density at radius 2 is 2.67 bits per heavy atom. The highest BCUT2D eigenvalue weighted by molar-refractivity contribution is 5.56. The van der Waals surface area contributed by atoms with Gasteiger partial charge in [0.2, 0.25) is 0 Å². The molecule has 1 rings (SSSR count). The van der Waals surface area contributed by atoms with Crippen LogP contribution in [0.3, 0.4) is 0 Å². The quantitative estimate of drug-likeness (QED) is 0.441. The van der Waals surface area contributed by atoms with E-state index in [1.54, 1.807) is 12.5 Å². The molecule has 0 fully saturated rings. The molecule has 0 bridgehead atoms. The van der Waals surface area contributed by atoms with Gasteiger partial charge >= 0.3 is 0 Å². The molecule has 1 aliphatic rings. The van der Waals surface area contributed by atoms with Gasteiger partial charge in [-0.3, -0.25) is 0 Å². The smallest absolute Gasteiger partial charge is 0.0881 e. The maximum Gasteiger partial charge on any atom is 0.0881 e. The van der Waals surface area contributed by atoms with Gasteiger partial charge in [-0.15, -0.1) is 0 Å². The Morgan fingerprint density at radius 1 is 1.67 bits per heavy atom. The average molecular weight is 82.1 g/mol. The fourth-order valence-electron chi connectivity index (χ4n) is 0.330. The van der Waals surface area contributed by atoms with E-state index in [2.05, 4.69) is 10.3 Å². The van der Waals surface area contributed by atoms with Crippen LogP contribution in [0, 0.1) is 0 Å². The predicted octanol–water partition coefficient (Wildman–Crippen LogP) is 0.132. The summed E-state index contributed by atoms with van der Waals surface area (Å²) in [6.45, 7) is 0.920. The largest absolute Gasteiger partial charge is 0.373 e. The van der Waals surface area contributed by atoms with Crippen LogP contribution in [0.15, 0.2) is 17.3 Å². The van der Waals surface area contributed by atoms with Gasteiger partial charge in [0.1, 0.15) is 0 Å². The first-order valence-electron chi connectivity index (χ1n) is 1.90. The zero-order valence-electron chi connectivity index (χ0n) is 3.39. The Balaban J connectivity index is 2.46. The molecule has 0 atom stereocenters. The van der Waals surface area contributed by atoms with E-state index < -0.39 is 0 Å². The van der Waals surface area contributed by atoms with E-state index >= 15 is 0 Å². The van der Waals surface area contributed by atoms with Gasteiger partial charge in [0.15, 0.2) is 0 Å². The molecule has 6 heavy (non-hydrogen) atoms. The molecule has 1 heterocycles. The third-order valence-corrected chi connectivity index (χ3v) is 0.593. The van der Waals surface area contributed by atoms with E-state index in [9.17, 15) is 0 Å². The Hall–Kier alpha value is -0.790. The first-order chi connectivity index (χ1) is 3.00. The molecule has 0 aliphatic carbocycles. The number of hydrogen-bond donors (Lipinski definition) is 1. The Morgan fingerprint density at radius 3 is 2.83 bits per heavy atom. The van der Waals surface area contributed by atoms with Gasteiger partial charge in [-0.05, 0) is 6.08 Å². The van der Waals surface area contributed by atoms with Crippen LogP contribution in [0.5, 0.6) is 0 Å². The lowest BCUT2D eigenvalue weighted by Gasteiger charge is -1.93. The number of rotatable bonds is 0. The molecular weight excluding hydrogens is 76.1 g/mol. The molecule has 2 nitrogen and oxygen atoms in total. The minimum absolute atomic E-state index is 0.920. The summed E-state index contributed by atoms with van der Waals surface area (Å²) in [4.78, 5) is 3.76. The van der Waals surface area contributed by atoms with E-state index in [1.807, 2.05) is 6.08 Å². The van der Waals surface area contributed by atoms with Crippen LogP contribution < -0.4 is 5.32 Å². The zero-order chi connectivity index (χ0) is 4.24. The number of aliphatic imine (C=N–C) groups is 1. The Bertz CT molecular complexity index is 71.5. The molecule has 0 aromatic rings. The molecule has 0 radical (unpaired) electrons. The molecule has 0 spiro atoms. The number of nitrogens with one attached hydrogen (secondary N) is 1. The molecule has 32 valence electrons. The van der Waals surface area contributed by atoms with Gasteiger partial charge in [0.05, 0.1) is 6.34 Å². The van der Waals surface area contributed by atoms with Crippen molar-refractivity contribution in [3.63, 3.8) is 0 Å². The summed E-state index contributed by atoms with van der Waals surface area (Å²) in [7, 11) is 0. The van der Waals surface area contributed by atoms with Crippen molar-refractivity contribution < 1.29 is 0 Å².